The molecule has 0 radical (unpaired) electrons. The topological polar surface area (TPSA) is 153 Å². The zero-order valence-electron chi connectivity index (χ0n) is 16.9. The van der Waals surface area contributed by atoms with Gasteiger partial charge in [0.05, 0.1) is 27.9 Å². The summed E-state index contributed by atoms with van der Waals surface area (Å²) in [5.41, 5.74) is -0.0753. The van der Waals surface area contributed by atoms with Crippen LogP contribution in [0.25, 0.3) is 10.8 Å². The molecule has 2 aromatic heterocycles. The molecule has 4 rings (SSSR count). The van der Waals surface area contributed by atoms with Crippen LogP contribution in [0.1, 0.15) is 20.0 Å². The number of rotatable bonds is 6. The van der Waals surface area contributed by atoms with Gasteiger partial charge >= 0.3 is 0 Å². The highest BCUT2D eigenvalue weighted by Gasteiger charge is 2.13. The number of anilines is 2. The van der Waals surface area contributed by atoms with Crippen LogP contribution in [0.4, 0.5) is 11.4 Å². The van der Waals surface area contributed by atoms with Gasteiger partial charge in [-0.15, -0.1) is 11.3 Å². The van der Waals surface area contributed by atoms with Gasteiger partial charge in [0, 0.05) is 11.3 Å². The number of fused-ring (bicyclic) bond motifs is 1. The number of hydrogen-bond donors (Lipinski definition) is 5. The first-order valence-electron chi connectivity index (χ1n) is 9.69. The number of aromatic amines is 2. The molecule has 11 heteroatoms. The Kier molecular flexibility index (Phi) is 6.13. The molecule has 3 amide bonds. The van der Waals surface area contributed by atoms with Crippen LogP contribution in [0.5, 0.6) is 0 Å². The van der Waals surface area contributed by atoms with E-state index in [0.29, 0.717) is 16.1 Å². The molecule has 166 valence electrons. The van der Waals surface area contributed by atoms with Crippen molar-refractivity contribution in [2.45, 2.75) is 0 Å². The summed E-state index contributed by atoms with van der Waals surface area (Å²) in [6.45, 7) is -0.354. The fourth-order valence-electron chi connectivity index (χ4n) is 3.10. The first-order chi connectivity index (χ1) is 15.9. The minimum Gasteiger partial charge on any atom is -0.343 e. The second-order valence-corrected chi connectivity index (χ2v) is 7.82. The molecule has 0 bridgehead atoms. The van der Waals surface area contributed by atoms with Crippen LogP contribution in [-0.4, -0.2) is 34.5 Å². The molecule has 0 aliphatic heterocycles. The summed E-state index contributed by atoms with van der Waals surface area (Å²) in [6, 6.07) is 14.2. The summed E-state index contributed by atoms with van der Waals surface area (Å²) in [4.78, 5) is 61.2. The summed E-state index contributed by atoms with van der Waals surface area (Å²) in [7, 11) is 0. The number of H-pyrrole nitrogens is 2. The number of aromatic nitrogens is 2. The monoisotopic (exact) mass is 463 g/mol. The Hall–Kier alpha value is -4.51. The van der Waals surface area contributed by atoms with Crippen LogP contribution in [0.2, 0.25) is 0 Å². The molecule has 4 aromatic rings. The first-order valence-corrected chi connectivity index (χ1v) is 10.6. The SMILES string of the molecule is O=C(CNC(=O)c1ccc(NC(=O)c2cccs2)cc1)Nc1cccc2c(=O)[nH][nH]c(=O)c12. The van der Waals surface area contributed by atoms with Gasteiger partial charge in [-0.05, 0) is 47.8 Å². The van der Waals surface area contributed by atoms with E-state index < -0.39 is 22.9 Å². The molecule has 0 aliphatic carbocycles. The Morgan fingerprint density at radius 1 is 0.818 bits per heavy atom. The van der Waals surface area contributed by atoms with E-state index in [2.05, 4.69) is 26.1 Å². The van der Waals surface area contributed by atoms with Gasteiger partial charge in [0.1, 0.15) is 0 Å². The highest BCUT2D eigenvalue weighted by atomic mass is 32.1. The van der Waals surface area contributed by atoms with E-state index in [9.17, 15) is 24.0 Å². The van der Waals surface area contributed by atoms with Gasteiger partial charge in [-0.25, -0.2) is 0 Å². The summed E-state index contributed by atoms with van der Waals surface area (Å²) >= 11 is 1.32. The molecule has 0 spiro atoms. The summed E-state index contributed by atoms with van der Waals surface area (Å²) in [5.74, 6) is -1.31. The lowest BCUT2D eigenvalue weighted by Crippen LogP contribution is -2.33. The fourth-order valence-corrected chi connectivity index (χ4v) is 3.72. The second kappa shape index (κ2) is 9.32. The van der Waals surface area contributed by atoms with Crippen molar-refractivity contribution in [1.82, 2.24) is 15.5 Å². The van der Waals surface area contributed by atoms with Crippen LogP contribution in [0.15, 0.2) is 69.6 Å². The molecule has 5 N–H and O–H groups in total. The fraction of sp³-hybridized carbons (Fsp3) is 0.0455. The van der Waals surface area contributed by atoms with Crippen LogP contribution in [0.3, 0.4) is 0 Å². The van der Waals surface area contributed by atoms with E-state index in [4.69, 9.17) is 0 Å². The Morgan fingerprint density at radius 2 is 1.58 bits per heavy atom. The number of carbonyl (C=O) groups excluding carboxylic acids is 3. The Balaban J connectivity index is 1.36. The van der Waals surface area contributed by atoms with Gasteiger partial charge in [-0.1, -0.05) is 12.1 Å². The molecule has 2 heterocycles. The lowest BCUT2D eigenvalue weighted by Gasteiger charge is -2.09. The number of hydrogen-bond acceptors (Lipinski definition) is 6. The molecule has 2 aromatic carbocycles. The Bertz CT molecular complexity index is 1460. The molecule has 0 fully saturated rings. The molecule has 33 heavy (non-hydrogen) atoms. The number of amides is 3. The van der Waals surface area contributed by atoms with Gasteiger partial charge in [0.25, 0.3) is 22.9 Å². The number of thiophene rings is 1. The van der Waals surface area contributed by atoms with Gasteiger partial charge < -0.3 is 16.0 Å². The maximum Gasteiger partial charge on any atom is 0.272 e. The van der Waals surface area contributed by atoms with Gasteiger partial charge in [-0.2, -0.15) is 0 Å². The van der Waals surface area contributed by atoms with Crippen molar-refractivity contribution in [2.24, 2.45) is 0 Å². The van der Waals surface area contributed by atoms with E-state index in [1.54, 1.807) is 29.6 Å². The quantitative estimate of drug-likeness (QED) is 0.296. The average molecular weight is 463 g/mol. The molecule has 0 saturated heterocycles. The smallest absolute Gasteiger partial charge is 0.272 e. The van der Waals surface area contributed by atoms with E-state index >= 15 is 0 Å². The number of benzene rings is 2. The van der Waals surface area contributed by atoms with Crippen molar-refractivity contribution in [3.05, 3.63) is 91.1 Å². The van der Waals surface area contributed by atoms with Crippen molar-refractivity contribution in [3.63, 3.8) is 0 Å². The minimum atomic E-state index is -0.574. The number of nitrogens with one attached hydrogen (secondary N) is 5. The minimum absolute atomic E-state index is 0.0427. The average Bonchev–Trinajstić information content (AvgIpc) is 3.36. The third-order valence-corrected chi connectivity index (χ3v) is 5.53. The molecule has 10 nitrogen and oxygen atoms in total. The predicted octanol–water partition coefficient (Wildman–Crippen LogP) is 1.90. The molecule has 0 aliphatic rings. The Labute approximate surface area is 189 Å². The van der Waals surface area contributed by atoms with E-state index in [1.165, 1.54) is 41.7 Å². The molecular formula is C22H17N5O5S. The lowest BCUT2D eigenvalue weighted by molar-refractivity contribution is -0.115. The van der Waals surface area contributed by atoms with Gasteiger partial charge in [0.15, 0.2) is 0 Å². The maximum atomic E-state index is 12.4. The highest BCUT2D eigenvalue weighted by Crippen LogP contribution is 2.17. The number of carbonyl (C=O) groups is 3. The summed E-state index contributed by atoms with van der Waals surface area (Å²) in [5, 5.41) is 14.2. The van der Waals surface area contributed by atoms with E-state index in [-0.39, 0.29) is 28.9 Å². The maximum absolute atomic E-state index is 12.4. The lowest BCUT2D eigenvalue weighted by atomic mass is 10.1. The van der Waals surface area contributed by atoms with Gasteiger partial charge in [-0.3, -0.25) is 34.2 Å². The van der Waals surface area contributed by atoms with Crippen molar-refractivity contribution >= 4 is 51.2 Å². The van der Waals surface area contributed by atoms with Crippen LogP contribution in [0, 0.1) is 0 Å². The predicted molar refractivity (Wildman–Crippen MR) is 125 cm³/mol. The van der Waals surface area contributed by atoms with Crippen molar-refractivity contribution in [2.75, 3.05) is 17.2 Å². The zero-order chi connectivity index (χ0) is 23.4. The summed E-state index contributed by atoms with van der Waals surface area (Å²) in [6.07, 6.45) is 0. The van der Waals surface area contributed by atoms with Crippen LogP contribution < -0.4 is 27.1 Å². The van der Waals surface area contributed by atoms with Crippen molar-refractivity contribution < 1.29 is 14.4 Å². The normalized spacial score (nSPS) is 10.5. The van der Waals surface area contributed by atoms with E-state index in [1.807, 2.05) is 0 Å². The standard InChI is InChI=1S/C22H17N5O5S/c28-17(25-15-4-1-3-14-18(15)22(32)27-26-20(14)30)11-23-19(29)12-6-8-13(9-7-12)24-21(31)16-5-2-10-33-16/h1-10H,11H2,(H,23,29)(H,24,31)(H,25,28)(H,26,30)(H,27,32). The highest BCUT2D eigenvalue weighted by molar-refractivity contribution is 7.12. The third-order valence-electron chi connectivity index (χ3n) is 4.66. The third kappa shape index (κ3) is 4.88. The molecule has 0 saturated carbocycles. The largest absolute Gasteiger partial charge is 0.343 e. The molecule has 0 unspecified atom stereocenters. The van der Waals surface area contributed by atoms with Crippen LogP contribution in [-0.2, 0) is 4.79 Å². The second-order valence-electron chi connectivity index (χ2n) is 6.88. The van der Waals surface area contributed by atoms with Gasteiger partial charge in [0.2, 0.25) is 5.91 Å². The first kappa shape index (κ1) is 21.7. The molecule has 0 atom stereocenters. The van der Waals surface area contributed by atoms with E-state index in [0.717, 1.165) is 0 Å². The zero-order valence-corrected chi connectivity index (χ0v) is 17.7. The molecular weight excluding hydrogens is 446 g/mol. The summed E-state index contributed by atoms with van der Waals surface area (Å²) < 4.78 is 0. The Morgan fingerprint density at radius 3 is 2.30 bits per heavy atom. The van der Waals surface area contributed by atoms with Crippen molar-refractivity contribution in [3.8, 4) is 0 Å². The van der Waals surface area contributed by atoms with Crippen LogP contribution >= 0.6 is 11.3 Å². The van der Waals surface area contributed by atoms with Crippen molar-refractivity contribution in [1.29, 1.82) is 0 Å².